The zero-order valence-corrected chi connectivity index (χ0v) is 15.6. The molecule has 0 radical (unpaired) electrons. The van der Waals surface area contributed by atoms with E-state index in [-0.39, 0.29) is 0 Å². The maximum absolute atomic E-state index is 5.19. The summed E-state index contributed by atoms with van der Waals surface area (Å²) in [5, 5.41) is 6.71. The lowest BCUT2D eigenvalue weighted by Crippen LogP contribution is -2.04. The average molecular weight is 348 g/mol. The number of hydrogen-bond acceptors (Lipinski definition) is 5. The van der Waals surface area contributed by atoms with Crippen LogP contribution in [0.25, 0.3) is 0 Å². The number of benzene rings is 2. The molecule has 5 heteroatoms. The Morgan fingerprint density at radius 2 is 1.73 bits per heavy atom. The first-order valence-corrected chi connectivity index (χ1v) is 8.71. The van der Waals surface area contributed by atoms with Crippen LogP contribution in [0.15, 0.2) is 48.5 Å². The van der Waals surface area contributed by atoms with Crippen LogP contribution < -0.4 is 15.4 Å². The van der Waals surface area contributed by atoms with E-state index in [1.807, 2.05) is 37.3 Å². The molecular formula is C21H24N4O. The first kappa shape index (κ1) is 17.7. The Hall–Kier alpha value is -3.08. The molecule has 5 nitrogen and oxygen atoms in total. The predicted molar refractivity (Wildman–Crippen MR) is 107 cm³/mol. The topological polar surface area (TPSA) is 59.1 Å². The maximum Gasteiger partial charge on any atom is 0.229 e. The van der Waals surface area contributed by atoms with Gasteiger partial charge in [-0.25, -0.2) is 4.98 Å². The van der Waals surface area contributed by atoms with Gasteiger partial charge in [-0.3, -0.25) is 0 Å². The number of methoxy groups -OCH3 is 1. The van der Waals surface area contributed by atoms with Gasteiger partial charge in [0.15, 0.2) is 0 Å². The van der Waals surface area contributed by atoms with Crippen molar-refractivity contribution in [3.63, 3.8) is 0 Å². The molecule has 0 fully saturated rings. The van der Waals surface area contributed by atoms with Crippen molar-refractivity contribution in [3.8, 4) is 5.75 Å². The van der Waals surface area contributed by atoms with E-state index in [9.17, 15) is 0 Å². The smallest absolute Gasteiger partial charge is 0.229 e. The quantitative estimate of drug-likeness (QED) is 0.645. The van der Waals surface area contributed by atoms with Crippen molar-refractivity contribution in [1.82, 2.24) is 9.97 Å². The Kier molecular flexibility index (Phi) is 5.37. The molecule has 0 unspecified atom stereocenters. The molecular weight excluding hydrogens is 324 g/mol. The lowest BCUT2D eigenvalue weighted by molar-refractivity contribution is 0.415. The van der Waals surface area contributed by atoms with E-state index in [1.54, 1.807) is 7.11 Å². The minimum Gasteiger partial charge on any atom is -0.497 e. The van der Waals surface area contributed by atoms with Crippen molar-refractivity contribution < 1.29 is 4.74 Å². The highest BCUT2D eigenvalue weighted by Crippen LogP contribution is 2.26. The molecule has 3 rings (SSSR count). The molecule has 1 heterocycles. The first-order chi connectivity index (χ1) is 12.6. The minimum absolute atomic E-state index is 0.560. The van der Waals surface area contributed by atoms with Gasteiger partial charge in [0.2, 0.25) is 5.95 Å². The van der Waals surface area contributed by atoms with Gasteiger partial charge >= 0.3 is 0 Å². The average Bonchev–Trinajstić information content (AvgIpc) is 2.63. The summed E-state index contributed by atoms with van der Waals surface area (Å²) in [6, 6.07) is 16.0. The minimum atomic E-state index is 0.560. The molecule has 2 aromatic carbocycles. The Labute approximate surface area is 154 Å². The number of rotatable bonds is 6. The van der Waals surface area contributed by atoms with Crippen molar-refractivity contribution in [2.45, 2.75) is 27.2 Å². The third-order valence-corrected chi connectivity index (χ3v) is 4.19. The fourth-order valence-electron chi connectivity index (χ4n) is 2.82. The lowest BCUT2D eigenvalue weighted by atomic mass is 10.1. The van der Waals surface area contributed by atoms with E-state index in [0.29, 0.717) is 5.95 Å². The van der Waals surface area contributed by atoms with Crippen LogP contribution in [0.5, 0.6) is 5.75 Å². The molecule has 2 N–H and O–H groups in total. The predicted octanol–water partition coefficient (Wildman–Crippen LogP) is 5.15. The number of nitrogens with one attached hydrogen (secondary N) is 2. The monoisotopic (exact) mass is 348 g/mol. The molecule has 0 saturated heterocycles. The second-order valence-electron chi connectivity index (χ2n) is 6.16. The third-order valence-electron chi connectivity index (χ3n) is 4.19. The molecule has 26 heavy (non-hydrogen) atoms. The van der Waals surface area contributed by atoms with Crippen molar-refractivity contribution >= 4 is 23.1 Å². The molecule has 0 aliphatic rings. The van der Waals surface area contributed by atoms with Gasteiger partial charge in [0, 0.05) is 23.1 Å². The lowest BCUT2D eigenvalue weighted by Gasteiger charge is -2.15. The van der Waals surface area contributed by atoms with Gasteiger partial charge in [0.05, 0.1) is 7.11 Å². The standard InChI is InChI=1S/C21H24N4O/c1-5-16-8-6-7-14(2)20(16)24-19-13-15(3)22-21(25-19)23-17-9-11-18(26-4)12-10-17/h6-13H,5H2,1-4H3,(H2,22,23,24,25). The van der Waals surface area contributed by atoms with Gasteiger partial charge in [0.1, 0.15) is 11.6 Å². The molecule has 0 atom stereocenters. The van der Waals surface area contributed by atoms with Gasteiger partial charge in [-0.15, -0.1) is 0 Å². The molecule has 0 spiro atoms. The number of anilines is 4. The molecule has 0 aliphatic carbocycles. The van der Waals surface area contributed by atoms with Gasteiger partial charge < -0.3 is 15.4 Å². The third kappa shape index (κ3) is 4.11. The molecule has 134 valence electrons. The number of para-hydroxylation sites is 1. The van der Waals surface area contributed by atoms with Crippen LogP contribution in [0.3, 0.4) is 0 Å². The van der Waals surface area contributed by atoms with E-state index in [1.165, 1.54) is 11.1 Å². The first-order valence-electron chi connectivity index (χ1n) is 8.71. The van der Waals surface area contributed by atoms with Crippen LogP contribution in [0, 0.1) is 13.8 Å². The van der Waals surface area contributed by atoms with Crippen LogP contribution in [0.1, 0.15) is 23.7 Å². The summed E-state index contributed by atoms with van der Waals surface area (Å²) >= 11 is 0. The van der Waals surface area contributed by atoms with Crippen molar-refractivity contribution in [2.75, 3.05) is 17.7 Å². The molecule has 3 aromatic rings. The second kappa shape index (κ2) is 7.87. The normalized spacial score (nSPS) is 10.5. The fourth-order valence-corrected chi connectivity index (χ4v) is 2.82. The van der Waals surface area contributed by atoms with Crippen LogP contribution in [-0.4, -0.2) is 17.1 Å². The zero-order chi connectivity index (χ0) is 18.5. The zero-order valence-electron chi connectivity index (χ0n) is 15.6. The molecule has 0 saturated carbocycles. The number of aryl methyl sites for hydroxylation is 3. The van der Waals surface area contributed by atoms with Crippen LogP contribution >= 0.6 is 0 Å². The largest absolute Gasteiger partial charge is 0.497 e. The highest BCUT2D eigenvalue weighted by Gasteiger charge is 2.08. The van der Waals surface area contributed by atoms with E-state index >= 15 is 0 Å². The Bertz CT molecular complexity index is 891. The maximum atomic E-state index is 5.19. The molecule has 0 aliphatic heterocycles. The van der Waals surface area contributed by atoms with Crippen LogP contribution in [0.4, 0.5) is 23.1 Å². The van der Waals surface area contributed by atoms with Gasteiger partial charge in [0.25, 0.3) is 0 Å². The molecule has 0 amide bonds. The summed E-state index contributed by atoms with van der Waals surface area (Å²) < 4.78 is 5.19. The van der Waals surface area contributed by atoms with Crippen LogP contribution in [0.2, 0.25) is 0 Å². The SMILES string of the molecule is CCc1cccc(C)c1Nc1cc(C)nc(Nc2ccc(OC)cc2)n1. The summed E-state index contributed by atoms with van der Waals surface area (Å²) in [7, 11) is 1.65. The summed E-state index contributed by atoms with van der Waals surface area (Å²) in [6.07, 6.45) is 0.963. The van der Waals surface area contributed by atoms with E-state index in [2.05, 4.69) is 52.6 Å². The fraction of sp³-hybridized carbons (Fsp3) is 0.238. The van der Waals surface area contributed by atoms with Gasteiger partial charge in [-0.05, 0) is 55.7 Å². The second-order valence-corrected chi connectivity index (χ2v) is 6.16. The number of nitrogens with zero attached hydrogens (tertiary/aromatic N) is 2. The van der Waals surface area contributed by atoms with E-state index in [4.69, 9.17) is 4.74 Å². The highest BCUT2D eigenvalue weighted by molar-refractivity contribution is 5.66. The van der Waals surface area contributed by atoms with Crippen LogP contribution in [-0.2, 0) is 6.42 Å². The van der Waals surface area contributed by atoms with Crippen molar-refractivity contribution in [1.29, 1.82) is 0 Å². The summed E-state index contributed by atoms with van der Waals surface area (Å²) in [5.41, 5.74) is 5.39. The van der Waals surface area contributed by atoms with Gasteiger partial charge in [-0.1, -0.05) is 25.1 Å². The van der Waals surface area contributed by atoms with Crippen molar-refractivity contribution in [2.24, 2.45) is 0 Å². The van der Waals surface area contributed by atoms with Crippen molar-refractivity contribution in [3.05, 3.63) is 65.4 Å². The summed E-state index contributed by atoms with van der Waals surface area (Å²) in [5.74, 6) is 2.15. The summed E-state index contributed by atoms with van der Waals surface area (Å²) in [4.78, 5) is 9.10. The summed E-state index contributed by atoms with van der Waals surface area (Å²) in [6.45, 7) is 6.22. The Morgan fingerprint density at radius 1 is 0.962 bits per heavy atom. The van der Waals surface area contributed by atoms with E-state index < -0.39 is 0 Å². The molecule has 0 bridgehead atoms. The molecule has 1 aromatic heterocycles. The number of aromatic nitrogens is 2. The van der Waals surface area contributed by atoms with E-state index in [0.717, 1.165) is 35.1 Å². The van der Waals surface area contributed by atoms with Gasteiger partial charge in [-0.2, -0.15) is 4.98 Å². The number of ether oxygens (including phenoxy) is 1. The number of hydrogen-bond donors (Lipinski definition) is 2. The Balaban J connectivity index is 1.86. The Morgan fingerprint density at radius 3 is 2.42 bits per heavy atom. The highest BCUT2D eigenvalue weighted by atomic mass is 16.5.